The summed E-state index contributed by atoms with van der Waals surface area (Å²) in [5, 5.41) is 24.4. The number of benzene rings is 1. The molecule has 1 fully saturated rings. The summed E-state index contributed by atoms with van der Waals surface area (Å²) in [4.78, 5) is 23.0. The molecular weight excluding hydrogens is 434 g/mol. The van der Waals surface area contributed by atoms with E-state index in [0.717, 1.165) is 49.8 Å². The van der Waals surface area contributed by atoms with Crippen molar-refractivity contribution in [2.24, 2.45) is 17.0 Å². The lowest BCUT2D eigenvalue weighted by Gasteiger charge is -2.24. The molecule has 0 saturated heterocycles. The van der Waals surface area contributed by atoms with Crippen LogP contribution in [-0.4, -0.2) is 47.6 Å². The van der Waals surface area contributed by atoms with Crippen LogP contribution in [0.1, 0.15) is 83.6 Å². The molecule has 2 rings (SSSR count). The Kier molecular flexibility index (Phi) is 12.5. The van der Waals surface area contributed by atoms with Crippen LogP contribution in [0, 0.1) is 16.7 Å². The third kappa shape index (κ3) is 9.71. The molecule has 5 atom stereocenters. The summed E-state index contributed by atoms with van der Waals surface area (Å²) in [5.74, 6) is 0.718. The topological polar surface area (TPSA) is 105 Å². The number of aryl methyl sites for hydroxylation is 1. The predicted octanol–water partition coefficient (Wildman–Crippen LogP) is 5.19. The number of ether oxygens (including phenoxy) is 2. The fourth-order valence-corrected chi connectivity index (χ4v) is 5.12. The van der Waals surface area contributed by atoms with Gasteiger partial charge in [0.1, 0.15) is 5.75 Å². The summed E-state index contributed by atoms with van der Waals surface area (Å²) in [7, 11) is 1.64. The second kappa shape index (κ2) is 15.1. The number of unbranched alkanes of at least 4 members (excludes halogenated alkanes) is 3. The highest BCUT2D eigenvalue weighted by molar-refractivity contribution is 5.69. The van der Waals surface area contributed by atoms with E-state index in [1.165, 1.54) is 0 Å². The molecule has 0 radical (unpaired) electrons. The van der Waals surface area contributed by atoms with Crippen LogP contribution in [0.4, 0.5) is 0 Å². The van der Waals surface area contributed by atoms with Gasteiger partial charge in [-0.25, -0.2) is 0 Å². The van der Waals surface area contributed by atoms with E-state index in [0.29, 0.717) is 32.1 Å². The first-order chi connectivity index (χ1) is 16.3. The molecule has 1 aromatic carbocycles. The first-order valence-corrected chi connectivity index (χ1v) is 12.8. The summed E-state index contributed by atoms with van der Waals surface area (Å²) in [5.41, 5.74) is 1.12. The molecular formula is C27H43NO6. The number of rotatable bonds is 16. The number of nitrogens with zero attached hydrogens (tertiary/aromatic N) is 1. The monoisotopic (exact) mass is 477 g/mol. The fraction of sp³-hybridized carbons (Fsp3) is 0.741. The Morgan fingerprint density at radius 1 is 1.12 bits per heavy atom. The van der Waals surface area contributed by atoms with Gasteiger partial charge in [0.05, 0.1) is 31.5 Å². The molecule has 7 heteroatoms. The first-order valence-electron chi connectivity index (χ1n) is 12.8. The van der Waals surface area contributed by atoms with Gasteiger partial charge < -0.3 is 19.7 Å². The third-order valence-electron chi connectivity index (χ3n) is 6.93. The van der Waals surface area contributed by atoms with Gasteiger partial charge in [-0.2, -0.15) is 4.91 Å². The first kappa shape index (κ1) is 28.2. The van der Waals surface area contributed by atoms with E-state index >= 15 is 0 Å². The van der Waals surface area contributed by atoms with Crippen molar-refractivity contribution in [3.63, 3.8) is 0 Å². The van der Waals surface area contributed by atoms with Crippen molar-refractivity contribution in [3.8, 4) is 5.75 Å². The van der Waals surface area contributed by atoms with Crippen LogP contribution < -0.4 is 4.74 Å². The van der Waals surface area contributed by atoms with Gasteiger partial charge in [0.2, 0.25) is 0 Å². The van der Waals surface area contributed by atoms with Crippen molar-refractivity contribution in [3.05, 3.63) is 34.7 Å². The Balaban J connectivity index is 1.73. The van der Waals surface area contributed by atoms with Gasteiger partial charge in [-0.15, -0.1) is 0 Å². The van der Waals surface area contributed by atoms with Crippen LogP contribution in [-0.2, 0) is 16.0 Å². The van der Waals surface area contributed by atoms with Crippen molar-refractivity contribution in [1.82, 2.24) is 0 Å². The van der Waals surface area contributed by atoms with E-state index in [2.05, 4.69) is 5.18 Å². The second-order valence-corrected chi connectivity index (χ2v) is 9.92. The number of carbonyl (C=O) groups is 1. The largest absolute Gasteiger partial charge is 0.497 e. The maximum Gasteiger partial charge on any atom is 0.306 e. The summed E-state index contributed by atoms with van der Waals surface area (Å²) in [6.45, 7) is 3.70. The van der Waals surface area contributed by atoms with Crippen molar-refractivity contribution in [2.45, 2.75) is 109 Å². The van der Waals surface area contributed by atoms with Crippen LogP contribution in [0.25, 0.3) is 0 Å². The van der Waals surface area contributed by atoms with Gasteiger partial charge in [0.25, 0.3) is 0 Å². The third-order valence-corrected chi connectivity index (χ3v) is 6.93. The Morgan fingerprint density at radius 2 is 1.88 bits per heavy atom. The summed E-state index contributed by atoms with van der Waals surface area (Å²) < 4.78 is 10.4. The van der Waals surface area contributed by atoms with Gasteiger partial charge in [-0.1, -0.05) is 36.6 Å². The number of methoxy groups -OCH3 is 1. The number of aliphatic hydroxyl groups is 2. The van der Waals surface area contributed by atoms with Gasteiger partial charge in [-0.3, -0.25) is 4.79 Å². The SMILES string of the molecule is COc1cccc(CC[C@H](O)CC[C@H]2C(N=O)C[C@H](O)[C@@H]2CCCCCCC(=O)OC(C)C)c1. The Bertz CT molecular complexity index is 740. The Labute approximate surface area is 204 Å². The molecule has 7 nitrogen and oxygen atoms in total. The van der Waals surface area contributed by atoms with Crippen molar-refractivity contribution in [2.75, 3.05) is 7.11 Å². The van der Waals surface area contributed by atoms with E-state index in [-0.39, 0.29) is 30.0 Å². The Hall–Kier alpha value is -1.99. The predicted molar refractivity (Wildman–Crippen MR) is 133 cm³/mol. The molecule has 0 bridgehead atoms. The maximum atomic E-state index is 11.6. The van der Waals surface area contributed by atoms with Gasteiger partial charge in [-0.05, 0) is 88.3 Å². The van der Waals surface area contributed by atoms with Crippen molar-refractivity contribution >= 4 is 5.97 Å². The summed E-state index contributed by atoms with van der Waals surface area (Å²) in [6, 6.07) is 7.48. The van der Waals surface area contributed by atoms with Crippen LogP contribution >= 0.6 is 0 Å². The van der Waals surface area contributed by atoms with Crippen molar-refractivity contribution < 1.29 is 24.5 Å². The lowest BCUT2D eigenvalue weighted by molar-refractivity contribution is -0.147. The molecule has 192 valence electrons. The highest BCUT2D eigenvalue weighted by Gasteiger charge is 2.42. The molecule has 1 saturated carbocycles. The number of aliphatic hydroxyl groups excluding tert-OH is 2. The highest BCUT2D eigenvalue weighted by Crippen LogP contribution is 2.41. The number of esters is 1. The molecule has 0 spiro atoms. The molecule has 0 aliphatic heterocycles. The van der Waals surface area contributed by atoms with Gasteiger partial charge >= 0.3 is 5.97 Å². The minimum absolute atomic E-state index is 0.0139. The second-order valence-electron chi connectivity index (χ2n) is 9.92. The van der Waals surface area contributed by atoms with Crippen LogP contribution in [0.15, 0.2) is 29.4 Å². The van der Waals surface area contributed by atoms with Crippen LogP contribution in [0.2, 0.25) is 0 Å². The van der Waals surface area contributed by atoms with E-state index in [1.807, 2.05) is 38.1 Å². The lowest BCUT2D eigenvalue weighted by Crippen LogP contribution is -2.23. The molecule has 34 heavy (non-hydrogen) atoms. The normalized spacial score (nSPS) is 23.1. The smallest absolute Gasteiger partial charge is 0.306 e. The van der Waals surface area contributed by atoms with E-state index in [4.69, 9.17) is 9.47 Å². The fourth-order valence-electron chi connectivity index (χ4n) is 5.12. The Morgan fingerprint density at radius 3 is 2.59 bits per heavy atom. The van der Waals surface area contributed by atoms with Gasteiger partial charge in [0, 0.05) is 6.42 Å². The standard InChI is InChI=1S/C27H43NO6/c1-19(2)34-27(31)12-7-5-4-6-11-24-23(25(28-32)18-26(24)30)16-15-21(29)14-13-20-9-8-10-22(17-20)33-3/h8-10,17,19,21,23-26,29-30H,4-7,11-16,18H2,1-3H3/t21-,23+,24+,25?,26-/m0/s1. The van der Waals surface area contributed by atoms with E-state index < -0.39 is 12.2 Å². The average molecular weight is 478 g/mol. The molecule has 1 aliphatic rings. The molecule has 1 aliphatic carbocycles. The number of hydrogen-bond acceptors (Lipinski definition) is 7. The zero-order valence-electron chi connectivity index (χ0n) is 21.0. The average Bonchev–Trinajstić information content (AvgIpc) is 3.12. The van der Waals surface area contributed by atoms with Crippen LogP contribution in [0.5, 0.6) is 5.75 Å². The molecule has 0 aromatic heterocycles. The number of carbonyl (C=O) groups excluding carboxylic acids is 1. The maximum absolute atomic E-state index is 11.6. The quantitative estimate of drug-likeness (QED) is 0.193. The van der Waals surface area contributed by atoms with Crippen LogP contribution in [0.3, 0.4) is 0 Å². The number of nitroso groups, excluding NO2 is 1. The minimum atomic E-state index is -0.511. The lowest BCUT2D eigenvalue weighted by atomic mass is 9.84. The molecule has 1 unspecified atom stereocenters. The van der Waals surface area contributed by atoms with E-state index in [9.17, 15) is 19.9 Å². The van der Waals surface area contributed by atoms with E-state index in [1.54, 1.807) is 7.11 Å². The number of hydrogen-bond donors (Lipinski definition) is 2. The van der Waals surface area contributed by atoms with Gasteiger partial charge in [0.15, 0.2) is 0 Å². The van der Waals surface area contributed by atoms with Crippen molar-refractivity contribution in [1.29, 1.82) is 0 Å². The zero-order chi connectivity index (χ0) is 24.9. The highest BCUT2D eigenvalue weighted by atomic mass is 16.5. The minimum Gasteiger partial charge on any atom is -0.497 e. The zero-order valence-corrected chi connectivity index (χ0v) is 21.0. The molecule has 2 N–H and O–H groups in total. The molecule has 1 aromatic rings. The molecule has 0 heterocycles. The summed E-state index contributed by atoms with van der Waals surface area (Å²) >= 11 is 0. The molecule has 0 amide bonds. The summed E-state index contributed by atoms with van der Waals surface area (Å²) in [6.07, 6.45) is 7.03.